The quantitative estimate of drug-likeness (QED) is 0.666. The van der Waals surface area contributed by atoms with Gasteiger partial charge in [0.2, 0.25) is 0 Å². The highest BCUT2D eigenvalue weighted by molar-refractivity contribution is 7.19. The van der Waals surface area contributed by atoms with Gasteiger partial charge in [0.05, 0.1) is 4.70 Å². The number of fused-ring (bicyclic) bond motifs is 1. The summed E-state index contributed by atoms with van der Waals surface area (Å²) in [5, 5.41) is 18.2. The highest BCUT2D eigenvalue weighted by Gasteiger charge is 2.05. The predicted octanol–water partition coefficient (Wildman–Crippen LogP) is 1.87. The summed E-state index contributed by atoms with van der Waals surface area (Å²) in [5.41, 5.74) is 0.513. The topological polar surface area (TPSA) is 56.9 Å². The van der Waals surface area contributed by atoms with E-state index in [1.807, 2.05) is 12.1 Å². The average molecular weight is 176 g/mol. The predicted molar refractivity (Wildman–Crippen MR) is 46.0 cm³/mol. The minimum atomic E-state index is 0.130. The van der Waals surface area contributed by atoms with Crippen molar-refractivity contribution in [3.8, 4) is 11.8 Å². The molecule has 0 amide bonds. The number of hydrogen-bond acceptors (Lipinski definition) is 4. The summed E-state index contributed by atoms with van der Waals surface area (Å²) < 4.78 is 0.839. The molecular weight excluding hydrogens is 172 g/mol. The van der Waals surface area contributed by atoms with Crippen LogP contribution in [0.3, 0.4) is 0 Å². The number of thiazole rings is 1. The fourth-order valence-corrected chi connectivity index (χ4v) is 1.77. The number of aromatic hydroxyl groups is 1. The lowest BCUT2D eigenvalue weighted by Crippen LogP contribution is -1.70. The van der Waals surface area contributed by atoms with Crippen molar-refractivity contribution in [2.24, 2.45) is 0 Å². The average Bonchev–Trinajstić information content (AvgIpc) is 2.49. The summed E-state index contributed by atoms with van der Waals surface area (Å²) >= 11 is 1.28. The van der Waals surface area contributed by atoms with Gasteiger partial charge < -0.3 is 5.11 Å². The van der Waals surface area contributed by atoms with Gasteiger partial charge in [-0.05, 0) is 12.1 Å². The van der Waals surface area contributed by atoms with Crippen molar-refractivity contribution in [1.82, 2.24) is 4.98 Å². The first-order valence-corrected chi connectivity index (χ1v) is 4.11. The third-order valence-corrected chi connectivity index (χ3v) is 2.42. The maximum atomic E-state index is 9.31. The summed E-state index contributed by atoms with van der Waals surface area (Å²) in [6, 6.07) is 7.06. The fourth-order valence-electron chi connectivity index (χ4n) is 0.982. The summed E-state index contributed by atoms with van der Waals surface area (Å²) in [6.07, 6.45) is 0. The molecule has 0 bridgehead atoms. The molecule has 12 heavy (non-hydrogen) atoms. The highest BCUT2D eigenvalue weighted by Crippen LogP contribution is 2.27. The molecule has 0 atom stereocenters. The normalized spacial score (nSPS) is 9.92. The molecule has 0 aliphatic rings. The molecule has 58 valence electrons. The zero-order valence-corrected chi connectivity index (χ0v) is 6.80. The number of nitriles is 1. The largest absolute Gasteiger partial charge is 0.506 e. The number of benzene rings is 1. The highest BCUT2D eigenvalue weighted by atomic mass is 32.1. The van der Waals surface area contributed by atoms with Gasteiger partial charge in [-0.15, -0.1) is 11.3 Å². The number of phenols is 1. The molecule has 0 spiro atoms. The van der Waals surface area contributed by atoms with E-state index in [-0.39, 0.29) is 5.75 Å². The molecule has 1 heterocycles. The second kappa shape index (κ2) is 2.47. The van der Waals surface area contributed by atoms with Crippen molar-refractivity contribution in [3.63, 3.8) is 0 Å². The molecule has 0 fully saturated rings. The van der Waals surface area contributed by atoms with Gasteiger partial charge >= 0.3 is 0 Å². The third-order valence-electron chi connectivity index (χ3n) is 1.49. The van der Waals surface area contributed by atoms with Crippen LogP contribution in [0.15, 0.2) is 18.2 Å². The molecule has 0 unspecified atom stereocenters. The van der Waals surface area contributed by atoms with Crippen LogP contribution in [0.1, 0.15) is 5.01 Å². The van der Waals surface area contributed by atoms with Gasteiger partial charge in [0, 0.05) is 0 Å². The Balaban J connectivity index is 2.85. The first-order chi connectivity index (χ1) is 5.81. The van der Waals surface area contributed by atoms with Crippen LogP contribution >= 0.6 is 11.3 Å². The number of phenolic OH excluding ortho intramolecular Hbond substituents is 1. The van der Waals surface area contributed by atoms with Crippen molar-refractivity contribution < 1.29 is 5.11 Å². The van der Waals surface area contributed by atoms with E-state index >= 15 is 0 Å². The van der Waals surface area contributed by atoms with E-state index in [0.29, 0.717) is 10.5 Å². The van der Waals surface area contributed by atoms with E-state index in [1.54, 1.807) is 12.1 Å². The van der Waals surface area contributed by atoms with E-state index in [0.717, 1.165) is 4.70 Å². The molecule has 2 rings (SSSR count). The lowest BCUT2D eigenvalue weighted by Gasteiger charge is -1.89. The minimum absolute atomic E-state index is 0.130. The fraction of sp³-hybridized carbons (Fsp3) is 0. The van der Waals surface area contributed by atoms with Crippen molar-refractivity contribution in [2.75, 3.05) is 0 Å². The molecule has 3 nitrogen and oxygen atoms in total. The van der Waals surface area contributed by atoms with Crippen LogP contribution in [0.25, 0.3) is 10.2 Å². The summed E-state index contributed by atoms with van der Waals surface area (Å²) in [7, 11) is 0. The summed E-state index contributed by atoms with van der Waals surface area (Å²) in [4.78, 5) is 3.94. The lowest BCUT2D eigenvalue weighted by atomic mass is 10.3. The summed E-state index contributed by atoms with van der Waals surface area (Å²) in [6.45, 7) is 0. The summed E-state index contributed by atoms with van der Waals surface area (Å²) in [5.74, 6) is 0.130. The molecule has 0 radical (unpaired) electrons. The van der Waals surface area contributed by atoms with Crippen LogP contribution in [0.5, 0.6) is 5.75 Å². The van der Waals surface area contributed by atoms with E-state index in [9.17, 15) is 5.11 Å². The number of nitrogens with zero attached hydrogens (tertiary/aromatic N) is 2. The van der Waals surface area contributed by atoms with Crippen LogP contribution in [0.4, 0.5) is 0 Å². The second-order valence-electron chi connectivity index (χ2n) is 2.25. The van der Waals surface area contributed by atoms with Gasteiger partial charge in [0.25, 0.3) is 0 Å². The monoisotopic (exact) mass is 176 g/mol. The number of hydrogen-bond donors (Lipinski definition) is 1. The van der Waals surface area contributed by atoms with E-state index < -0.39 is 0 Å². The molecule has 0 saturated heterocycles. The molecule has 2 aromatic rings. The maximum absolute atomic E-state index is 9.31. The van der Waals surface area contributed by atoms with Gasteiger partial charge in [0.1, 0.15) is 17.3 Å². The Morgan fingerprint density at radius 3 is 3.00 bits per heavy atom. The molecule has 1 aromatic heterocycles. The van der Waals surface area contributed by atoms with Crippen LogP contribution in [-0.4, -0.2) is 10.1 Å². The Kier molecular flexibility index (Phi) is 1.45. The van der Waals surface area contributed by atoms with E-state index in [4.69, 9.17) is 5.26 Å². The third kappa shape index (κ3) is 0.917. The minimum Gasteiger partial charge on any atom is -0.506 e. The van der Waals surface area contributed by atoms with E-state index in [1.165, 1.54) is 11.3 Å². The van der Waals surface area contributed by atoms with E-state index in [2.05, 4.69) is 4.98 Å². The van der Waals surface area contributed by atoms with Gasteiger partial charge in [0.15, 0.2) is 5.01 Å². The molecular formula is C8H4N2OS. The Morgan fingerprint density at radius 2 is 2.33 bits per heavy atom. The Morgan fingerprint density at radius 1 is 1.50 bits per heavy atom. The first kappa shape index (κ1) is 7.07. The smallest absolute Gasteiger partial charge is 0.195 e. The van der Waals surface area contributed by atoms with Crippen LogP contribution in [0, 0.1) is 11.3 Å². The molecule has 0 saturated carbocycles. The second-order valence-corrected chi connectivity index (χ2v) is 3.29. The molecule has 0 aliphatic heterocycles. The number of rotatable bonds is 0. The van der Waals surface area contributed by atoms with Crippen molar-refractivity contribution in [2.45, 2.75) is 0 Å². The van der Waals surface area contributed by atoms with Gasteiger partial charge in [-0.2, -0.15) is 5.26 Å². The van der Waals surface area contributed by atoms with Crippen molar-refractivity contribution in [1.29, 1.82) is 5.26 Å². The standard InChI is InChI=1S/C8H4N2OS/c9-4-7-10-8-5(11)2-1-3-6(8)12-7/h1-3,11H. The van der Waals surface area contributed by atoms with Crippen LogP contribution in [-0.2, 0) is 0 Å². The molecule has 1 N–H and O–H groups in total. The SMILES string of the molecule is N#Cc1nc2c(O)cccc2s1. The molecule has 1 aromatic carbocycles. The van der Waals surface area contributed by atoms with Crippen LogP contribution in [0.2, 0.25) is 0 Å². The zero-order chi connectivity index (χ0) is 8.55. The number of para-hydroxylation sites is 1. The molecule has 0 aliphatic carbocycles. The van der Waals surface area contributed by atoms with Crippen LogP contribution < -0.4 is 0 Å². The first-order valence-electron chi connectivity index (χ1n) is 3.30. The Labute approximate surface area is 72.5 Å². The number of aromatic nitrogens is 1. The van der Waals surface area contributed by atoms with Crippen molar-refractivity contribution >= 4 is 21.6 Å². The van der Waals surface area contributed by atoms with Gasteiger partial charge in [-0.1, -0.05) is 6.07 Å². The van der Waals surface area contributed by atoms with Crippen molar-refractivity contribution in [3.05, 3.63) is 23.2 Å². The Bertz CT molecular complexity index is 469. The Hall–Kier alpha value is -1.60. The zero-order valence-electron chi connectivity index (χ0n) is 5.98. The van der Waals surface area contributed by atoms with Gasteiger partial charge in [-0.3, -0.25) is 0 Å². The van der Waals surface area contributed by atoms with Gasteiger partial charge in [-0.25, -0.2) is 4.98 Å². The molecule has 4 heteroatoms. The maximum Gasteiger partial charge on any atom is 0.195 e. The lowest BCUT2D eigenvalue weighted by molar-refractivity contribution is 0.480.